The van der Waals surface area contributed by atoms with Gasteiger partial charge in [-0.15, -0.1) is 0 Å². The standard InChI is InChI=1S/C8H12O3/c1-7(9)10-11-8-5-3-2-4-6-8/h5H,2-4,6H2,1H3. The second-order valence-electron chi connectivity index (χ2n) is 2.57. The molecule has 0 fully saturated rings. The molecule has 11 heavy (non-hydrogen) atoms. The normalized spacial score (nSPS) is 17.0. The van der Waals surface area contributed by atoms with Crippen molar-refractivity contribution in [3.8, 4) is 0 Å². The number of rotatable bonds is 2. The molecule has 0 aromatic rings. The molecule has 3 heteroatoms. The quantitative estimate of drug-likeness (QED) is 0.452. The second kappa shape index (κ2) is 4.01. The average molecular weight is 156 g/mol. The van der Waals surface area contributed by atoms with Crippen molar-refractivity contribution in [2.75, 3.05) is 0 Å². The molecule has 3 nitrogen and oxygen atoms in total. The van der Waals surface area contributed by atoms with Gasteiger partial charge in [0.2, 0.25) is 0 Å². The lowest BCUT2D eigenvalue weighted by atomic mass is 10.1. The summed E-state index contributed by atoms with van der Waals surface area (Å²) in [6.45, 7) is 1.32. The molecule has 0 unspecified atom stereocenters. The van der Waals surface area contributed by atoms with E-state index in [0.29, 0.717) is 0 Å². The summed E-state index contributed by atoms with van der Waals surface area (Å²) in [5, 5.41) is 0. The van der Waals surface area contributed by atoms with Gasteiger partial charge >= 0.3 is 5.97 Å². The number of allylic oxidation sites excluding steroid dienone is 2. The van der Waals surface area contributed by atoms with Gasteiger partial charge in [-0.2, -0.15) is 0 Å². The monoisotopic (exact) mass is 156 g/mol. The molecular formula is C8H12O3. The van der Waals surface area contributed by atoms with Crippen molar-refractivity contribution in [1.29, 1.82) is 0 Å². The Labute approximate surface area is 65.9 Å². The Bertz CT molecular complexity index is 172. The molecule has 0 aromatic heterocycles. The summed E-state index contributed by atoms with van der Waals surface area (Å²) in [6, 6.07) is 0. The zero-order valence-corrected chi connectivity index (χ0v) is 6.63. The van der Waals surface area contributed by atoms with E-state index in [9.17, 15) is 4.79 Å². The van der Waals surface area contributed by atoms with Crippen LogP contribution in [0.15, 0.2) is 11.8 Å². The Hall–Kier alpha value is -0.990. The zero-order valence-electron chi connectivity index (χ0n) is 6.63. The van der Waals surface area contributed by atoms with Crippen LogP contribution in [0.3, 0.4) is 0 Å². The minimum atomic E-state index is -0.406. The number of carbonyl (C=O) groups is 1. The molecule has 0 heterocycles. The third-order valence-electron chi connectivity index (χ3n) is 1.52. The molecule has 0 saturated carbocycles. The highest BCUT2D eigenvalue weighted by Crippen LogP contribution is 2.18. The molecule has 0 amide bonds. The molecule has 62 valence electrons. The molecule has 0 aliphatic heterocycles. The first kappa shape index (κ1) is 8.11. The SMILES string of the molecule is CC(=O)OOC1=CCCCC1. The summed E-state index contributed by atoms with van der Waals surface area (Å²) in [5.74, 6) is 0.378. The van der Waals surface area contributed by atoms with Crippen LogP contribution in [0.4, 0.5) is 0 Å². The maximum absolute atomic E-state index is 10.3. The highest BCUT2D eigenvalue weighted by molar-refractivity contribution is 5.65. The van der Waals surface area contributed by atoms with Gasteiger partial charge in [0.1, 0.15) is 0 Å². The van der Waals surface area contributed by atoms with Gasteiger partial charge in [-0.05, 0) is 25.3 Å². The van der Waals surface area contributed by atoms with Crippen LogP contribution in [-0.2, 0) is 14.6 Å². The van der Waals surface area contributed by atoms with Crippen LogP contribution in [0.25, 0.3) is 0 Å². The van der Waals surface area contributed by atoms with E-state index in [1.165, 1.54) is 13.3 Å². The van der Waals surface area contributed by atoms with Gasteiger partial charge in [0.05, 0.1) is 0 Å². The third-order valence-corrected chi connectivity index (χ3v) is 1.52. The fraction of sp³-hybridized carbons (Fsp3) is 0.625. The Morgan fingerprint density at radius 2 is 2.36 bits per heavy atom. The first-order valence-corrected chi connectivity index (χ1v) is 3.83. The van der Waals surface area contributed by atoms with Crippen molar-refractivity contribution in [2.45, 2.75) is 32.6 Å². The summed E-state index contributed by atoms with van der Waals surface area (Å²) in [7, 11) is 0. The van der Waals surface area contributed by atoms with Gasteiger partial charge in [0.15, 0.2) is 5.76 Å². The van der Waals surface area contributed by atoms with Crippen LogP contribution in [0.2, 0.25) is 0 Å². The molecule has 1 aliphatic rings. The van der Waals surface area contributed by atoms with Crippen molar-refractivity contribution in [2.24, 2.45) is 0 Å². The summed E-state index contributed by atoms with van der Waals surface area (Å²) in [4.78, 5) is 19.4. The zero-order chi connectivity index (χ0) is 8.10. The fourth-order valence-electron chi connectivity index (χ4n) is 0.997. The predicted molar refractivity (Wildman–Crippen MR) is 39.4 cm³/mol. The lowest BCUT2D eigenvalue weighted by Crippen LogP contribution is -2.02. The second-order valence-corrected chi connectivity index (χ2v) is 2.57. The van der Waals surface area contributed by atoms with E-state index >= 15 is 0 Å². The molecule has 0 radical (unpaired) electrons. The smallest absolute Gasteiger partial charge is 0.292 e. The lowest BCUT2D eigenvalue weighted by molar-refractivity contribution is -0.247. The van der Waals surface area contributed by atoms with Gasteiger partial charge in [0, 0.05) is 13.3 Å². The fourth-order valence-corrected chi connectivity index (χ4v) is 0.997. The largest absolute Gasteiger partial charge is 0.352 e. The van der Waals surface area contributed by atoms with Gasteiger partial charge in [-0.1, -0.05) is 0 Å². The first-order valence-electron chi connectivity index (χ1n) is 3.83. The Kier molecular flexibility index (Phi) is 2.95. The van der Waals surface area contributed by atoms with Gasteiger partial charge < -0.3 is 0 Å². The summed E-state index contributed by atoms with van der Waals surface area (Å²) in [5.41, 5.74) is 0. The molecular weight excluding hydrogens is 144 g/mol. The maximum atomic E-state index is 10.3. The molecule has 1 rings (SSSR count). The van der Waals surface area contributed by atoms with E-state index in [2.05, 4.69) is 4.89 Å². The van der Waals surface area contributed by atoms with E-state index in [1.54, 1.807) is 0 Å². The van der Waals surface area contributed by atoms with E-state index in [0.717, 1.165) is 25.0 Å². The third kappa shape index (κ3) is 3.07. The summed E-state index contributed by atoms with van der Waals surface area (Å²) in [6.07, 6.45) is 6.19. The minimum absolute atomic E-state index is 0.406. The van der Waals surface area contributed by atoms with Gasteiger partial charge in [0.25, 0.3) is 0 Å². The van der Waals surface area contributed by atoms with E-state index in [4.69, 9.17) is 4.89 Å². The van der Waals surface area contributed by atoms with Crippen LogP contribution in [0.1, 0.15) is 32.6 Å². The highest BCUT2D eigenvalue weighted by atomic mass is 17.2. The molecule has 0 atom stereocenters. The summed E-state index contributed by atoms with van der Waals surface area (Å²) < 4.78 is 0. The van der Waals surface area contributed by atoms with Crippen LogP contribution in [0, 0.1) is 0 Å². The highest BCUT2D eigenvalue weighted by Gasteiger charge is 2.06. The van der Waals surface area contributed by atoms with E-state index in [-0.39, 0.29) is 0 Å². The van der Waals surface area contributed by atoms with E-state index < -0.39 is 5.97 Å². The first-order chi connectivity index (χ1) is 5.29. The Morgan fingerprint density at radius 3 is 2.91 bits per heavy atom. The number of carbonyl (C=O) groups excluding carboxylic acids is 1. The Morgan fingerprint density at radius 1 is 1.55 bits per heavy atom. The molecule has 0 aromatic carbocycles. The Balaban J connectivity index is 2.24. The van der Waals surface area contributed by atoms with Gasteiger partial charge in [-0.3, -0.25) is 9.78 Å². The van der Waals surface area contributed by atoms with Crippen LogP contribution in [-0.4, -0.2) is 5.97 Å². The average Bonchev–Trinajstić information content (AvgIpc) is 2.03. The topological polar surface area (TPSA) is 35.5 Å². The van der Waals surface area contributed by atoms with Crippen molar-refractivity contribution >= 4 is 5.97 Å². The van der Waals surface area contributed by atoms with Crippen molar-refractivity contribution < 1.29 is 14.6 Å². The van der Waals surface area contributed by atoms with E-state index in [1.807, 2.05) is 6.08 Å². The van der Waals surface area contributed by atoms with Gasteiger partial charge in [-0.25, -0.2) is 4.79 Å². The van der Waals surface area contributed by atoms with Crippen LogP contribution < -0.4 is 0 Å². The van der Waals surface area contributed by atoms with Crippen molar-refractivity contribution in [3.05, 3.63) is 11.8 Å². The maximum Gasteiger partial charge on any atom is 0.352 e. The lowest BCUT2D eigenvalue weighted by Gasteiger charge is -2.10. The molecule has 0 spiro atoms. The van der Waals surface area contributed by atoms with Crippen LogP contribution in [0.5, 0.6) is 0 Å². The van der Waals surface area contributed by atoms with Crippen LogP contribution >= 0.6 is 0 Å². The number of hydrogen-bond donors (Lipinski definition) is 0. The number of hydrogen-bond acceptors (Lipinski definition) is 3. The molecule has 1 aliphatic carbocycles. The van der Waals surface area contributed by atoms with Crippen molar-refractivity contribution in [3.63, 3.8) is 0 Å². The summed E-state index contributed by atoms with van der Waals surface area (Å²) >= 11 is 0. The molecule has 0 saturated heterocycles. The van der Waals surface area contributed by atoms with Crippen molar-refractivity contribution in [1.82, 2.24) is 0 Å². The molecule has 0 N–H and O–H groups in total. The minimum Gasteiger partial charge on any atom is -0.292 e. The predicted octanol–water partition coefficient (Wildman–Crippen LogP) is 1.94. The molecule has 0 bridgehead atoms.